The molecule has 0 N–H and O–H groups in total. The average Bonchev–Trinajstić information content (AvgIpc) is 2.31. The molecule has 0 aliphatic rings. The lowest BCUT2D eigenvalue weighted by Crippen LogP contribution is -1.62. The summed E-state index contributed by atoms with van der Waals surface area (Å²) in [6.45, 7) is 10.1. The molecule has 84 valence electrons. The highest BCUT2D eigenvalue weighted by Crippen LogP contribution is 1.92. The van der Waals surface area contributed by atoms with Crippen LogP contribution in [0.25, 0.3) is 0 Å². The molecule has 0 radical (unpaired) electrons. The van der Waals surface area contributed by atoms with Crippen molar-refractivity contribution in [2.45, 2.75) is 47.5 Å². The fourth-order valence-corrected chi connectivity index (χ4v) is 0.784. The zero-order chi connectivity index (χ0) is 11.9. The van der Waals surface area contributed by atoms with Gasteiger partial charge >= 0.3 is 0 Å². The largest absolute Gasteiger partial charge is 0.107 e. The van der Waals surface area contributed by atoms with Gasteiger partial charge in [-0.2, -0.15) is 0 Å². The van der Waals surface area contributed by atoms with Gasteiger partial charge in [0.15, 0.2) is 0 Å². The van der Waals surface area contributed by atoms with Crippen LogP contribution in [0, 0.1) is 18.8 Å². The number of benzene rings is 1. The number of aryl methyl sites for hydroxylation is 1. The molecule has 0 heterocycles. The fraction of sp³-hybridized carbons (Fsp3) is 0.467. The smallest absolute Gasteiger partial charge is 0.00859 e. The molecule has 0 bridgehead atoms. The van der Waals surface area contributed by atoms with Crippen LogP contribution in [0.1, 0.15) is 46.1 Å². The van der Waals surface area contributed by atoms with Gasteiger partial charge in [0, 0.05) is 6.42 Å². The second kappa shape index (κ2) is 15.3. The molecule has 0 nitrogen and oxygen atoms in total. The Morgan fingerprint density at radius 3 is 1.80 bits per heavy atom. The van der Waals surface area contributed by atoms with E-state index in [1.807, 2.05) is 39.0 Å². The van der Waals surface area contributed by atoms with Crippen molar-refractivity contribution in [2.75, 3.05) is 0 Å². The van der Waals surface area contributed by atoms with Crippen LogP contribution in [0.4, 0.5) is 0 Å². The molecule has 15 heavy (non-hydrogen) atoms. The Morgan fingerprint density at radius 2 is 1.60 bits per heavy atom. The van der Waals surface area contributed by atoms with Gasteiger partial charge in [0.1, 0.15) is 0 Å². The summed E-state index contributed by atoms with van der Waals surface area (Å²) in [5.74, 6) is 5.77. The molecule has 0 atom stereocenters. The van der Waals surface area contributed by atoms with Gasteiger partial charge in [0.25, 0.3) is 0 Å². The molecule has 0 spiro atoms. The van der Waals surface area contributed by atoms with Crippen LogP contribution in [0.5, 0.6) is 0 Å². The summed E-state index contributed by atoms with van der Waals surface area (Å²) >= 11 is 0. The summed E-state index contributed by atoms with van der Waals surface area (Å²) in [4.78, 5) is 0. The standard InChI is InChI=1S/C7H8.C6H10.C2H6/c1-7-5-3-2-4-6-7;1-3-5-6-4-2;1-2/h2-6H,1H3;3,5H2,1-2H3;1-2H3. The summed E-state index contributed by atoms with van der Waals surface area (Å²) in [6.07, 6.45) is 2.23. The molecule has 0 saturated heterocycles. The number of rotatable bonds is 1. The fourth-order valence-electron chi connectivity index (χ4n) is 0.784. The summed E-state index contributed by atoms with van der Waals surface area (Å²) in [6, 6.07) is 10.3. The highest BCUT2D eigenvalue weighted by atomic mass is 13.8. The Hall–Kier alpha value is -1.22. The van der Waals surface area contributed by atoms with Crippen molar-refractivity contribution >= 4 is 0 Å². The molecule has 0 aliphatic heterocycles. The third kappa shape index (κ3) is 15.5. The molecule has 1 aromatic rings. The maximum Gasteiger partial charge on any atom is 0.00859 e. The van der Waals surface area contributed by atoms with E-state index in [0.29, 0.717) is 0 Å². The molecule has 0 aliphatic carbocycles. The SMILES string of the molecule is CC.CC#CCCC.Cc1ccccc1. The lowest BCUT2D eigenvalue weighted by atomic mass is 10.2. The Morgan fingerprint density at radius 1 is 1.07 bits per heavy atom. The van der Waals surface area contributed by atoms with Gasteiger partial charge < -0.3 is 0 Å². The molecule has 0 amide bonds. The molecular weight excluding hydrogens is 180 g/mol. The quantitative estimate of drug-likeness (QED) is 0.575. The summed E-state index contributed by atoms with van der Waals surface area (Å²) < 4.78 is 0. The van der Waals surface area contributed by atoms with Crippen molar-refractivity contribution in [3.05, 3.63) is 35.9 Å². The lowest BCUT2D eigenvalue weighted by Gasteiger charge is -1.82. The highest BCUT2D eigenvalue weighted by molar-refractivity contribution is 5.11. The molecule has 0 saturated carbocycles. The molecule has 0 fully saturated rings. The topological polar surface area (TPSA) is 0 Å². The Labute approximate surface area is 95.7 Å². The number of unbranched alkanes of at least 4 members (excludes halogenated alkanes) is 1. The molecular formula is C15H24. The minimum Gasteiger partial charge on any atom is -0.107 e. The number of hydrogen-bond donors (Lipinski definition) is 0. The van der Waals surface area contributed by atoms with Crippen molar-refractivity contribution < 1.29 is 0 Å². The first-order valence-corrected chi connectivity index (χ1v) is 5.72. The van der Waals surface area contributed by atoms with Crippen LogP contribution in [0.2, 0.25) is 0 Å². The van der Waals surface area contributed by atoms with Crippen LogP contribution < -0.4 is 0 Å². The van der Waals surface area contributed by atoms with E-state index in [-0.39, 0.29) is 0 Å². The molecule has 0 aromatic heterocycles. The summed E-state index contributed by atoms with van der Waals surface area (Å²) in [7, 11) is 0. The van der Waals surface area contributed by atoms with Crippen LogP contribution >= 0.6 is 0 Å². The van der Waals surface area contributed by atoms with Crippen LogP contribution in [0.3, 0.4) is 0 Å². The van der Waals surface area contributed by atoms with E-state index in [4.69, 9.17) is 0 Å². The zero-order valence-corrected chi connectivity index (χ0v) is 10.8. The van der Waals surface area contributed by atoms with E-state index in [1.165, 1.54) is 12.0 Å². The zero-order valence-electron chi connectivity index (χ0n) is 10.8. The normalized spacial score (nSPS) is 7.00. The first-order valence-electron chi connectivity index (χ1n) is 5.72. The van der Waals surface area contributed by atoms with Gasteiger partial charge in [-0.05, 0) is 20.3 Å². The minimum absolute atomic E-state index is 1.05. The molecule has 1 rings (SSSR count). The van der Waals surface area contributed by atoms with E-state index >= 15 is 0 Å². The van der Waals surface area contributed by atoms with Crippen molar-refractivity contribution in [1.29, 1.82) is 0 Å². The van der Waals surface area contributed by atoms with Gasteiger partial charge in [-0.15, -0.1) is 11.8 Å². The Balaban J connectivity index is 0. The van der Waals surface area contributed by atoms with Gasteiger partial charge in [-0.25, -0.2) is 0 Å². The average molecular weight is 204 g/mol. The molecule has 1 aromatic carbocycles. The van der Waals surface area contributed by atoms with Crippen LogP contribution in [-0.2, 0) is 0 Å². The second-order valence-electron chi connectivity index (χ2n) is 2.83. The highest BCUT2D eigenvalue weighted by Gasteiger charge is 1.72. The Bertz CT molecular complexity index is 248. The first-order chi connectivity index (χ1) is 7.31. The van der Waals surface area contributed by atoms with Crippen molar-refractivity contribution in [3.8, 4) is 11.8 Å². The summed E-state index contributed by atoms with van der Waals surface area (Å²) in [5.41, 5.74) is 1.32. The Kier molecular flexibility index (Phi) is 16.5. The predicted octanol–water partition coefficient (Wildman–Crippen LogP) is 4.83. The van der Waals surface area contributed by atoms with Gasteiger partial charge in [-0.3, -0.25) is 0 Å². The second-order valence-corrected chi connectivity index (χ2v) is 2.83. The van der Waals surface area contributed by atoms with Crippen LogP contribution in [0.15, 0.2) is 30.3 Å². The maximum atomic E-state index is 2.95. The van der Waals surface area contributed by atoms with E-state index in [9.17, 15) is 0 Å². The molecule has 0 heteroatoms. The third-order valence-electron chi connectivity index (χ3n) is 1.49. The number of hydrogen-bond acceptors (Lipinski definition) is 0. The van der Waals surface area contributed by atoms with Gasteiger partial charge in [-0.1, -0.05) is 56.7 Å². The van der Waals surface area contributed by atoms with Crippen LogP contribution in [-0.4, -0.2) is 0 Å². The van der Waals surface area contributed by atoms with E-state index in [0.717, 1.165) is 6.42 Å². The first kappa shape index (κ1) is 16.2. The maximum absolute atomic E-state index is 2.95. The molecule has 0 unspecified atom stereocenters. The van der Waals surface area contributed by atoms with Crippen molar-refractivity contribution in [1.82, 2.24) is 0 Å². The minimum atomic E-state index is 1.05. The monoisotopic (exact) mass is 204 g/mol. The van der Waals surface area contributed by atoms with E-state index in [2.05, 4.69) is 37.8 Å². The van der Waals surface area contributed by atoms with Gasteiger partial charge in [0.2, 0.25) is 0 Å². The third-order valence-corrected chi connectivity index (χ3v) is 1.49. The lowest BCUT2D eigenvalue weighted by molar-refractivity contribution is 0.983. The van der Waals surface area contributed by atoms with E-state index < -0.39 is 0 Å². The summed E-state index contributed by atoms with van der Waals surface area (Å²) in [5, 5.41) is 0. The van der Waals surface area contributed by atoms with Crippen molar-refractivity contribution in [2.24, 2.45) is 0 Å². The predicted molar refractivity (Wildman–Crippen MR) is 70.9 cm³/mol. The van der Waals surface area contributed by atoms with Crippen molar-refractivity contribution in [3.63, 3.8) is 0 Å². The van der Waals surface area contributed by atoms with Gasteiger partial charge in [0.05, 0.1) is 0 Å². The van der Waals surface area contributed by atoms with E-state index in [1.54, 1.807) is 0 Å².